The lowest BCUT2D eigenvalue weighted by Gasteiger charge is -2.08. The van der Waals surface area contributed by atoms with E-state index in [4.69, 9.17) is 4.98 Å². The number of hydrogen-bond acceptors (Lipinski definition) is 7. The molecule has 0 spiro atoms. The summed E-state index contributed by atoms with van der Waals surface area (Å²) in [6, 6.07) is 14.8. The molecule has 0 radical (unpaired) electrons. The smallest absolute Gasteiger partial charge is 0.228 e. The molecule has 3 N–H and O–H groups in total. The van der Waals surface area contributed by atoms with Crippen molar-refractivity contribution in [3.05, 3.63) is 103 Å². The van der Waals surface area contributed by atoms with Crippen LogP contribution in [0.3, 0.4) is 0 Å². The number of imidazole rings is 1. The molecule has 1 amide bonds. The van der Waals surface area contributed by atoms with Crippen LogP contribution in [0, 0.1) is 5.82 Å². The zero-order valence-corrected chi connectivity index (χ0v) is 21.3. The normalized spacial score (nSPS) is 11.2. The van der Waals surface area contributed by atoms with Gasteiger partial charge in [-0.1, -0.05) is 30.3 Å². The van der Waals surface area contributed by atoms with Crippen LogP contribution in [0.15, 0.2) is 91.9 Å². The molecule has 0 aliphatic carbocycles. The van der Waals surface area contributed by atoms with Crippen molar-refractivity contribution in [2.45, 2.75) is 6.42 Å². The molecule has 0 aliphatic heterocycles. The summed E-state index contributed by atoms with van der Waals surface area (Å²) in [5.74, 6) is -0.416. The van der Waals surface area contributed by atoms with Crippen molar-refractivity contribution >= 4 is 33.5 Å². The molecule has 0 atom stereocenters. The quantitative estimate of drug-likeness (QED) is 0.258. The van der Waals surface area contributed by atoms with Crippen LogP contribution < -0.4 is 5.32 Å². The van der Waals surface area contributed by atoms with Crippen LogP contribution in [0.2, 0.25) is 0 Å². The number of fused-ring (bicyclic) bond motifs is 2. The maximum atomic E-state index is 16.1. The first-order valence-corrected chi connectivity index (χ1v) is 12.7. The number of nitrogens with zero attached hydrogens (tertiary/aromatic N) is 6. The SMILES string of the molecule is O=C(Cc1ccccc1)Nc1cncc(-c2ncc3[nH]nc(-c4nc5c(-c6ccncc6)cncc5[nH]4)c3c2F)c1. The molecule has 0 saturated heterocycles. The Bertz CT molecular complexity index is 2040. The van der Waals surface area contributed by atoms with Gasteiger partial charge in [0.25, 0.3) is 0 Å². The van der Waals surface area contributed by atoms with E-state index in [0.29, 0.717) is 39.3 Å². The largest absolute Gasteiger partial charge is 0.335 e. The molecule has 0 saturated carbocycles. The van der Waals surface area contributed by atoms with Gasteiger partial charge < -0.3 is 10.3 Å². The van der Waals surface area contributed by atoms with Crippen molar-refractivity contribution in [2.75, 3.05) is 5.32 Å². The highest BCUT2D eigenvalue weighted by molar-refractivity contribution is 5.98. The number of pyridine rings is 4. The van der Waals surface area contributed by atoms with E-state index in [1.807, 2.05) is 42.5 Å². The first-order chi connectivity index (χ1) is 20.1. The Hall–Kier alpha value is -5.84. The number of rotatable bonds is 6. The molecule has 7 rings (SSSR count). The zero-order chi connectivity index (χ0) is 27.8. The van der Waals surface area contributed by atoms with Gasteiger partial charge in [-0.3, -0.25) is 29.8 Å². The van der Waals surface area contributed by atoms with Gasteiger partial charge in [0, 0.05) is 35.9 Å². The molecule has 6 aromatic heterocycles. The van der Waals surface area contributed by atoms with Crippen molar-refractivity contribution in [3.8, 4) is 33.9 Å². The molecule has 0 fully saturated rings. The van der Waals surface area contributed by atoms with Crippen LogP contribution >= 0.6 is 0 Å². The monoisotopic (exact) mass is 541 g/mol. The lowest BCUT2D eigenvalue weighted by molar-refractivity contribution is -0.115. The molecule has 11 heteroatoms. The summed E-state index contributed by atoms with van der Waals surface area (Å²) in [5.41, 5.74) is 5.59. The summed E-state index contributed by atoms with van der Waals surface area (Å²) < 4.78 is 16.1. The third kappa shape index (κ3) is 4.55. The Morgan fingerprint density at radius 3 is 2.54 bits per heavy atom. The number of hydrogen-bond donors (Lipinski definition) is 3. The highest BCUT2D eigenvalue weighted by Gasteiger charge is 2.21. The zero-order valence-electron chi connectivity index (χ0n) is 21.3. The van der Waals surface area contributed by atoms with Gasteiger partial charge in [-0.2, -0.15) is 5.10 Å². The Balaban J connectivity index is 1.24. The highest BCUT2D eigenvalue weighted by atomic mass is 19.1. The molecule has 7 aromatic rings. The van der Waals surface area contributed by atoms with Crippen LogP contribution in [0.25, 0.3) is 55.8 Å². The Morgan fingerprint density at radius 2 is 1.68 bits per heavy atom. The number of benzene rings is 1. The lowest BCUT2D eigenvalue weighted by Crippen LogP contribution is -2.14. The first-order valence-electron chi connectivity index (χ1n) is 12.7. The predicted octanol–water partition coefficient (Wildman–Crippen LogP) is 5.34. The van der Waals surface area contributed by atoms with Crippen molar-refractivity contribution in [1.29, 1.82) is 0 Å². The molecule has 0 bridgehead atoms. The second-order valence-electron chi connectivity index (χ2n) is 9.36. The van der Waals surface area contributed by atoms with Gasteiger partial charge in [0.15, 0.2) is 11.6 Å². The average molecular weight is 542 g/mol. The number of carbonyl (C=O) groups excluding carboxylic acids is 1. The number of aromatic nitrogens is 8. The average Bonchev–Trinajstić information content (AvgIpc) is 3.63. The second kappa shape index (κ2) is 10.0. The highest BCUT2D eigenvalue weighted by Crippen LogP contribution is 2.34. The van der Waals surface area contributed by atoms with E-state index in [2.05, 4.69) is 40.4 Å². The Kier molecular flexibility index (Phi) is 5.93. The van der Waals surface area contributed by atoms with E-state index in [9.17, 15) is 4.79 Å². The number of halogens is 1. The molecule has 0 aliphatic rings. The third-order valence-corrected chi connectivity index (χ3v) is 6.66. The molecule has 0 unspecified atom stereocenters. The van der Waals surface area contributed by atoms with Gasteiger partial charge in [-0.05, 0) is 29.3 Å². The lowest BCUT2D eigenvalue weighted by atomic mass is 10.1. The van der Waals surface area contributed by atoms with Gasteiger partial charge in [0.2, 0.25) is 5.91 Å². The van der Waals surface area contributed by atoms with E-state index in [1.54, 1.807) is 30.9 Å². The first kappa shape index (κ1) is 24.2. The van der Waals surface area contributed by atoms with Gasteiger partial charge in [0.1, 0.15) is 11.4 Å². The van der Waals surface area contributed by atoms with Crippen molar-refractivity contribution < 1.29 is 9.18 Å². The van der Waals surface area contributed by atoms with E-state index in [1.165, 1.54) is 18.6 Å². The minimum atomic E-state index is -0.589. The Labute approximate surface area is 231 Å². The number of carbonyl (C=O) groups is 1. The fourth-order valence-corrected chi connectivity index (χ4v) is 4.76. The van der Waals surface area contributed by atoms with Crippen LogP contribution in [0.4, 0.5) is 10.1 Å². The summed E-state index contributed by atoms with van der Waals surface area (Å²) in [5, 5.41) is 10.3. The fourth-order valence-electron chi connectivity index (χ4n) is 4.76. The van der Waals surface area contributed by atoms with Gasteiger partial charge in [-0.15, -0.1) is 0 Å². The van der Waals surface area contributed by atoms with Crippen LogP contribution in [-0.2, 0) is 11.2 Å². The number of aromatic amines is 2. The van der Waals surface area contributed by atoms with Crippen LogP contribution in [0.1, 0.15) is 5.56 Å². The third-order valence-electron chi connectivity index (χ3n) is 6.66. The number of anilines is 1. The summed E-state index contributed by atoms with van der Waals surface area (Å²) in [6.07, 6.45) is 11.5. The van der Waals surface area contributed by atoms with Crippen LogP contribution in [-0.4, -0.2) is 46.0 Å². The number of amides is 1. The number of nitrogens with one attached hydrogen (secondary N) is 3. The maximum absolute atomic E-state index is 16.1. The summed E-state index contributed by atoms with van der Waals surface area (Å²) in [6.45, 7) is 0. The molecule has 10 nitrogen and oxygen atoms in total. The topological polar surface area (TPSA) is 138 Å². The van der Waals surface area contributed by atoms with E-state index in [-0.39, 0.29) is 23.4 Å². The maximum Gasteiger partial charge on any atom is 0.228 e. The van der Waals surface area contributed by atoms with Crippen molar-refractivity contribution in [3.63, 3.8) is 0 Å². The molecule has 198 valence electrons. The number of H-pyrrole nitrogens is 2. The van der Waals surface area contributed by atoms with Crippen molar-refractivity contribution in [1.82, 2.24) is 40.1 Å². The molecule has 6 heterocycles. The summed E-state index contributed by atoms with van der Waals surface area (Å²) in [7, 11) is 0. The Morgan fingerprint density at radius 1 is 0.854 bits per heavy atom. The van der Waals surface area contributed by atoms with Gasteiger partial charge in [0.05, 0.1) is 52.6 Å². The predicted molar refractivity (Wildman–Crippen MR) is 152 cm³/mol. The molecular weight excluding hydrogens is 521 g/mol. The van der Waals surface area contributed by atoms with E-state index >= 15 is 4.39 Å². The van der Waals surface area contributed by atoms with E-state index in [0.717, 1.165) is 16.7 Å². The summed E-state index contributed by atoms with van der Waals surface area (Å²) >= 11 is 0. The van der Waals surface area contributed by atoms with Gasteiger partial charge >= 0.3 is 0 Å². The van der Waals surface area contributed by atoms with Gasteiger partial charge in [-0.25, -0.2) is 9.37 Å². The molecule has 41 heavy (non-hydrogen) atoms. The van der Waals surface area contributed by atoms with E-state index < -0.39 is 5.82 Å². The second-order valence-corrected chi connectivity index (χ2v) is 9.36. The molecule has 1 aromatic carbocycles. The van der Waals surface area contributed by atoms with Crippen LogP contribution in [0.5, 0.6) is 0 Å². The standard InChI is InChI=1S/C30H20FN9O/c31-26-25-22(16-35-27(26)19-11-20(13-33-12-19)36-24(41)10-17-4-2-1-3-5-17)39-40-29(25)30-37-23-15-34-14-21(28(23)38-30)18-6-8-32-9-7-18/h1-9,11-16H,10H2,(H,36,41)(H,37,38)(H,39,40). The van der Waals surface area contributed by atoms with Crippen molar-refractivity contribution in [2.24, 2.45) is 0 Å². The molecular formula is C30H20FN9O. The minimum Gasteiger partial charge on any atom is -0.335 e. The summed E-state index contributed by atoms with van der Waals surface area (Å²) in [4.78, 5) is 37.5. The minimum absolute atomic E-state index is 0.0714. The fraction of sp³-hybridized carbons (Fsp3) is 0.0333.